The summed E-state index contributed by atoms with van der Waals surface area (Å²) in [5, 5.41) is 16.9. The molecule has 29 heavy (non-hydrogen) atoms. The summed E-state index contributed by atoms with van der Waals surface area (Å²) in [4.78, 5) is 22.9. The highest BCUT2D eigenvalue weighted by atomic mass is 35.5. The van der Waals surface area contributed by atoms with Gasteiger partial charge in [-0.2, -0.15) is 0 Å². The second-order valence-corrected chi connectivity index (χ2v) is 7.29. The van der Waals surface area contributed by atoms with Crippen molar-refractivity contribution in [2.45, 2.75) is 6.54 Å². The Labute approximate surface area is 175 Å². The fraction of sp³-hybridized carbons (Fsp3) is 0.0500. The Kier molecular flexibility index (Phi) is 5.46. The van der Waals surface area contributed by atoms with Crippen LogP contribution in [0.2, 0.25) is 5.15 Å². The van der Waals surface area contributed by atoms with Gasteiger partial charge in [-0.3, -0.25) is 10.1 Å². The first kappa shape index (κ1) is 19.0. The first-order valence-electron chi connectivity index (χ1n) is 8.61. The lowest BCUT2D eigenvalue weighted by molar-refractivity contribution is -0.384. The summed E-state index contributed by atoms with van der Waals surface area (Å²) < 4.78 is 0. The molecule has 4 aromatic rings. The average Bonchev–Trinajstić information content (AvgIpc) is 3.23. The van der Waals surface area contributed by atoms with E-state index in [2.05, 4.69) is 15.3 Å². The van der Waals surface area contributed by atoms with E-state index in [-0.39, 0.29) is 16.7 Å². The molecule has 0 saturated heterocycles. The summed E-state index contributed by atoms with van der Waals surface area (Å²) in [6, 6.07) is 17.8. The molecule has 2 heterocycles. The van der Waals surface area contributed by atoms with E-state index in [1.54, 1.807) is 11.3 Å². The number of hydrogen-bond donors (Lipinski definition) is 1. The fourth-order valence-electron chi connectivity index (χ4n) is 2.80. The molecule has 144 valence electrons. The molecule has 9 heteroatoms. The van der Waals surface area contributed by atoms with Crippen molar-refractivity contribution in [3.63, 3.8) is 0 Å². The first-order valence-corrected chi connectivity index (χ1v) is 9.86. The van der Waals surface area contributed by atoms with Gasteiger partial charge in [0.15, 0.2) is 0 Å². The summed E-state index contributed by atoms with van der Waals surface area (Å²) in [6.07, 6.45) is 1.19. The van der Waals surface area contributed by atoms with Crippen LogP contribution in [0.1, 0.15) is 5.56 Å². The van der Waals surface area contributed by atoms with E-state index in [9.17, 15) is 10.1 Å². The van der Waals surface area contributed by atoms with Crippen LogP contribution in [0, 0.1) is 10.1 Å². The molecule has 0 bridgehead atoms. The van der Waals surface area contributed by atoms with Crippen molar-refractivity contribution in [1.29, 1.82) is 0 Å². The van der Waals surface area contributed by atoms with E-state index >= 15 is 0 Å². The van der Waals surface area contributed by atoms with Crippen molar-refractivity contribution in [3.8, 4) is 21.8 Å². The van der Waals surface area contributed by atoms with Crippen molar-refractivity contribution in [2.24, 2.45) is 0 Å². The number of aromatic nitrogens is 3. The monoisotopic (exact) mass is 423 g/mol. The van der Waals surface area contributed by atoms with Crippen molar-refractivity contribution < 1.29 is 4.92 Å². The molecular weight excluding hydrogens is 410 g/mol. The first-order chi connectivity index (χ1) is 14.1. The average molecular weight is 424 g/mol. The molecule has 4 rings (SSSR count). The Hall–Kier alpha value is -3.36. The second-order valence-electron chi connectivity index (χ2n) is 6.08. The van der Waals surface area contributed by atoms with E-state index in [0.29, 0.717) is 6.54 Å². The molecule has 2 aromatic carbocycles. The third-order valence-electron chi connectivity index (χ3n) is 4.17. The molecule has 0 spiro atoms. The van der Waals surface area contributed by atoms with Crippen LogP contribution in [0.4, 0.5) is 11.5 Å². The van der Waals surface area contributed by atoms with Gasteiger partial charge in [0.1, 0.15) is 11.3 Å². The molecule has 0 saturated carbocycles. The maximum atomic E-state index is 11.2. The zero-order valence-electron chi connectivity index (χ0n) is 14.9. The molecule has 0 amide bonds. The topological polar surface area (TPSA) is 93.8 Å². The zero-order valence-corrected chi connectivity index (χ0v) is 16.5. The molecule has 7 nitrogen and oxygen atoms in total. The molecule has 1 N–H and O–H groups in total. The van der Waals surface area contributed by atoms with Gasteiger partial charge in [0.2, 0.25) is 11.0 Å². The van der Waals surface area contributed by atoms with Crippen LogP contribution in [-0.2, 0) is 6.54 Å². The van der Waals surface area contributed by atoms with Crippen molar-refractivity contribution in [3.05, 3.63) is 87.1 Å². The third-order valence-corrected chi connectivity index (χ3v) is 5.34. The minimum absolute atomic E-state index is 0.0843. The molecule has 0 atom stereocenters. The largest absolute Gasteiger partial charge is 0.360 e. The Bertz CT molecular complexity index is 1170. The lowest BCUT2D eigenvalue weighted by Crippen LogP contribution is -2.06. The predicted octanol–water partition coefficient (Wildman–Crippen LogP) is 5.44. The number of halogens is 1. The van der Waals surface area contributed by atoms with E-state index in [1.165, 1.54) is 6.33 Å². The Morgan fingerprint density at radius 2 is 1.86 bits per heavy atom. The van der Waals surface area contributed by atoms with Crippen LogP contribution in [-0.4, -0.2) is 19.9 Å². The molecule has 2 aromatic heterocycles. The number of anilines is 1. The van der Waals surface area contributed by atoms with Gasteiger partial charge < -0.3 is 5.32 Å². The molecule has 0 aliphatic heterocycles. The summed E-state index contributed by atoms with van der Waals surface area (Å²) in [7, 11) is 0. The Morgan fingerprint density at radius 1 is 1.07 bits per heavy atom. The minimum atomic E-state index is -0.595. The van der Waals surface area contributed by atoms with Gasteiger partial charge in [-0.25, -0.2) is 15.0 Å². The maximum absolute atomic E-state index is 11.2. The van der Waals surface area contributed by atoms with Gasteiger partial charge in [0.05, 0.1) is 10.6 Å². The van der Waals surface area contributed by atoms with Crippen molar-refractivity contribution in [1.82, 2.24) is 15.0 Å². The highest BCUT2D eigenvalue weighted by molar-refractivity contribution is 7.13. The Balaban J connectivity index is 1.54. The number of benzene rings is 2. The molecule has 0 fully saturated rings. The molecule has 0 aliphatic carbocycles. The third kappa shape index (κ3) is 4.23. The van der Waals surface area contributed by atoms with E-state index in [0.717, 1.165) is 27.4 Å². The van der Waals surface area contributed by atoms with Crippen LogP contribution >= 0.6 is 22.9 Å². The summed E-state index contributed by atoms with van der Waals surface area (Å²) in [5.74, 6) is 0.0843. The van der Waals surface area contributed by atoms with Gasteiger partial charge in [-0.1, -0.05) is 60.1 Å². The van der Waals surface area contributed by atoms with E-state index < -0.39 is 4.92 Å². The SMILES string of the molecule is O=[N+]([O-])c1c(Cl)ncnc1NCc1cccc(-c2nc(-c3ccccc3)cs2)c1. The van der Waals surface area contributed by atoms with Crippen LogP contribution in [0.3, 0.4) is 0 Å². The van der Waals surface area contributed by atoms with Crippen LogP contribution < -0.4 is 5.32 Å². The molecule has 0 unspecified atom stereocenters. The van der Waals surface area contributed by atoms with E-state index in [4.69, 9.17) is 16.6 Å². The number of nitrogens with zero attached hydrogens (tertiary/aromatic N) is 4. The van der Waals surface area contributed by atoms with Crippen LogP contribution in [0.5, 0.6) is 0 Å². The highest BCUT2D eigenvalue weighted by Crippen LogP contribution is 2.31. The smallest absolute Gasteiger partial charge is 0.348 e. The van der Waals surface area contributed by atoms with E-state index in [1.807, 2.05) is 60.0 Å². The molecule has 0 aliphatic rings. The van der Waals surface area contributed by atoms with Crippen molar-refractivity contribution >= 4 is 34.4 Å². The predicted molar refractivity (Wildman–Crippen MR) is 114 cm³/mol. The quantitative estimate of drug-likeness (QED) is 0.252. The zero-order chi connectivity index (χ0) is 20.2. The standard InChI is InChI=1S/C20H14ClN5O2S/c21-18-17(26(27)28)19(24-12-23-18)22-10-13-5-4-8-15(9-13)20-25-16(11-29-20)14-6-2-1-3-7-14/h1-9,11-12H,10H2,(H,22,23,24). The number of nitro groups is 1. The summed E-state index contributed by atoms with van der Waals surface area (Å²) in [5.41, 5.74) is 3.58. The fourth-order valence-corrected chi connectivity index (χ4v) is 3.82. The van der Waals surface area contributed by atoms with Crippen LogP contribution in [0.15, 0.2) is 66.3 Å². The second kappa shape index (κ2) is 8.34. The minimum Gasteiger partial charge on any atom is -0.360 e. The van der Waals surface area contributed by atoms with Gasteiger partial charge in [-0.15, -0.1) is 11.3 Å². The van der Waals surface area contributed by atoms with Crippen molar-refractivity contribution in [2.75, 3.05) is 5.32 Å². The highest BCUT2D eigenvalue weighted by Gasteiger charge is 2.21. The van der Waals surface area contributed by atoms with Gasteiger partial charge >= 0.3 is 5.69 Å². The lowest BCUT2D eigenvalue weighted by Gasteiger charge is -2.07. The lowest BCUT2D eigenvalue weighted by atomic mass is 10.1. The van der Waals surface area contributed by atoms with Gasteiger partial charge in [-0.05, 0) is 11.6 Å². The van der Waals surface area contributed by atoms with Gasteiger partial charge in [0, 0.05) is 23.1 Å². The normalized spacial score (nSPS) is 10.7. The Morgan fingerprint density at radius 3 is 2.66 bits per heavy atom. The number of hydrogen-bond acceptors (Lipinski definition) is 7. The summed E-state index contributed by atoms with van der Waals surface area (Å²) >= 11 is 7.39. The van der Waals surface area contributed by atoms with Crippen LogP contribution in [0.25, 0.3) is 21.8 Å². The summed E-state index contributed by atoms with van der Waals surface area (Å²) in [6.45, 7) is 0.346. The molecule has 0 radical (unpaired) electrons. The number of rotatable bonds is 6. The number of thiazole rings is 1. The number of nitrogens with one attached hydrogen (secondary N) is 1. The van der Waals surface area contributed by atoms with Gasteiger partial charge in [0.25, 0.3) is 0 Å². The molecular formula is C20H14ClN5O2S. The maximum Gasteiger partial charge on any atom is 0.348 e.